The second kappa shape index (κ2) is 9.41. The van der Waals surface area contributed by atoms with Gasteiger partial charge in [0.2, 0.25) is 0 Å². The summed E-state index contributed by atoms with van der Waals surface area (Å²) >= 11 is -3.56. The van der Waals surface area contributed by atoms with Crippen molar-refractivity contribution in [2.45, 2.75) is 70.2 Å². The molecule has 0 spiro atoms. The average Bonchev–Trinajstić information content (AvgIpc) is 2.63. The molecular formula is C23H28F5IO3S. The molecular weight excluding hydrogens is 578 g/mol. The molecule has 0 radical (unpaired) electrons. The van der Waals surface area contributed by atoms with Gasteiger partial charge in [-0.3, -0.25) is 0 Å². The average molecular weight is 606 g/mol. The van der Waals surface area contributed by atoms with Crippen LogP contribution in [0.1, 0.15) is 59.1 Å². The van der Waals surface area contributed by atoms with Gasteiger partial charge >= 0.3 is 200 Å². The zero-order chi connectivity index (χ0) is 25.5. The molecule has 0 aliphatic carbocycles. The molecule has 0 atom stereocenters. The molecule has 3 nitrogen and oxygen atoms in total. The van der Waals surface area contributed by atoms with Gasteiger partial charge in [0.25, 0.3) is 0 Å². The van der Waals surface area contributed by atoms with Gasteiger partial charge in [-0.05, 0) is 0 Å². The molecule has 0 amide bonds. The monoisotopic (exact) mass is 606 g/mol. The van der Waals surface area contributed by atoms with Crippen molar-refractivity contribution in [1.29, 1.82) is 0 Å². The molecule has 10 heteroatoms. The van der Waals surface area contributed by atoms with E-state index < -0.39 is 48.2 Å². The van der Waals surface area contributed by atoms with E-state index in [1.807, 2.05) is 41.5 Å². The fourth-order valence-electron chi connectivity index (χ4n) is 2.78. The van der Waals surface area contributed by atoms with Crippen LogP contribution in [0.2, 0.25) is 0 Å². The van der Waals surface area contributed by atoms with Gasteiger partial charge in [0.1, 0.15) is 0 Å². The number of hydrogen-bond acceptors (Lipinski definition) is 3. The molecule has 0 bridgehead atoms. The molecule has 0 aromatic heterocycles. The Bertz CT molecular complexity index is 992. The van der Waals surface area contributed by atoms with Crippen LogP contribution in [0.15, 0.2) is 48.5 Å². The van der Waals surface area contributed by atoms with Gasteiger partial charge in [0.15, 0.2) is 0 Å². The van der Waals surface area contributed by atoms with Gasteiger partial charge in [-0.2, -0.15) is 0 Å². The molecule has 33 heavy (non-hydrogen) atoms. The van der Waals surface area contributed by atoms with Gasteiger partial charge in [0.05, 0.1) is 0 Å². The van der Waals surface area contributed by atoms with Crippen LogP contribution in [0, 0.1) is 7.14 Å². The first-order valence-corrected chi connectivity index (χ1v) is 14.5. The fourth-order valence-corrected chi connectivity index (χ4v) is 9.72. The Morgan fingerprint density at radius 3 is 1.30 bits per heavy atom. The van der Waals surface area contributed by atoms with E-state index >= 15 is 0 Å². The first-order valence-electron chi connectivity index (χ1n) is 10.0. The minimum atomic E-state index is -5.85. The molecule has 186 valence electrons. The van der Waals surface area contributed by atoms with E-state index in [1.165, 1.54) is 0 Å². The Morgan fingerprint density at radius 2 is 1.03 bits per heavy atom. The van der Waals surface area contributed by atoms with Crippen LogP contribution < -0.4 is 0 Å². The third-order valence-corrected chi connectivity index (χ3v) is 12.1. The molecule has 0 aliphatic rings. The topological polar surface area (TPSA) is 43.4 Å². The van der Waals surface area contributed by atoms with Crippen LogP contribution in [-0.4, -0.2) is 19.8 Å². The van der Waals surface area contributed by atoms with Crippen molar-refractivity contribution in [3.63, 3.8) is 0 Å². The summed E-state index contributed by atoms with van der Waals surface area (Å²) in [5.41, 5.74) is 1.43. The molecule has 0 heterocycles. The number of alkyl halides is 5. The van der Waals surface area contributed by atoms with Crippen LogP contribution in [-0.2, 0) is 23.5 Å². The van der Waals surface area contributed by atoms with E-state index in [4.69, 9.17) is 2.51 Å². The van der Waals surface area contributed by atoms with Gasteiger partial charge < -0.3 is 0 Å². The molecule has 0 saturated heterocycles. The maximum absolute atomic E-state index is 14.1. The molecule has 0 fully saturated rings. The van der Waals surface area contributed by atoms with E-state index in [0.717, 1.165) is 11.1 Å². The number of benzene rings is 2. The van der Waals surface area contributed by atoms with Crippen LogP contribution in [0.3, 0.4) is 0 Å². The third kappa shape index (κ3) is 7.35. The van der Waals surface area contributed by atoms with E-state index in [1.54, 1.807) is 48.5 Å². The zero-order valence-electron chi connectivity index (χ0n) is 19.2. The van der Waals surface area contributed by atoms with Crippen LogP contribution in [0.5, 0.6) is 0 Å². The van der Waals surface area contributed by atoms with Crippen molar-refractivity contribution in [2.24, 2.45) is 0 Å². The molecule has 0 aliphatic heterocycles. The Hall–Kier alpha value is -1.27. The van der Waals surface area contributed by atoms with Gasteiger partial charge in [0, 0.05) is 0 Å². The SMILES string of the molecule is CC(C)(C)c1ccc(I(OS(=O)(=O)C(F)(F)CC(F)(F)F)c2ccc(C(C)(C)C)cc2)cc1. The van der Waals surface area contributed by atoms with E-state index in [-0.39, 0.29) is 10.8 Å². The summed E-state index contributed by atoms with van der Waals surface area (Å²) in [4.78, 5) is 0. The number of rotatable bonds is 6. The number of hydrogen-bond donors (Lipinski definition) is 0. The zero-order valence-corrected chi connectivity index (χ0v) is 22.2. The van der Waals surface area contributed by atoms with E-state index in [2.05, 4.69) is 0 Å². The van der Waals surface area contributed by atoms with Crippen molar-refractivity contribution in [3.05, 3.63) is 66.8 Å². The van der Waals surface area contributed by atoms with Crippen molar-refractivity contribution in [3.8, 4) is 0 Å². The molecule has 2 aromatic rings. The first kappa shape index (κ1) is 28.0. The molecule has 2 rings (SSSR count). The summed E-state index contributed by atoms with van der Waals surface area (Å²) in [5, 5.41) is -5.10. The quantitative estimate of drug-likeness (QED) is 0.251. The standard InChI is InChI=1S/C23H28F5IO3S/c1-20(2,3)16-7-11-18(12-8-16)29(19-13-9-17(10-14-19)21(4,5)6)32-33(30,31)23(27,28)15-22(24,25)26/h7-14H,15H2,1-6H3. The second-order valence-electron chi connectivity index (χ2n) is 9.71. The van der Waals surface area contributed by atoms with Gasteiger partial charge in [-0.15, -0.1) is 0 Å². The van der Waals surface area contributed by atoms with Crippen molar-refractivity contribution in [1.82, 2.24) is 0 Å². The van der Waals surface area contributed by atoms with E-state index in [0.29, 0.717) is 7.14 Å². The van der Waals surface area contributed by atoms with Gasteiger partial charge in [-0.1, -0.05) is 0 Å². The Labute approximate surface area is 199 Å². The van der Waals surface area contributed by atoms with Crippen LogP contribution in [0.4, 0.5) is 22.0 Å². The predicted octanol–water partition coefficient (Wildman–Crippen LogP) is 7.63. The molecule has 0 unspecified atom stereocenters. The minimum absolute atomic E-state index is 0.210. The summed E-state index contributed by atoms with van der Waals surface area (Å²) in [5.74, 6) is 0. The summed E-state index contributed by atoms with van der Waals surface area (Å²) < 4.78 is 96.3. The van der Waals surface area contributed by atoms with Crippen molar-refractivity contribution in [2.75, 3.05) is 0 Å². The normalized spacial score (nSPS) is 14.3. The summed E-state index contributed by atoms with van der Waals surface area (Å²) in [7, 11) is -5.85. The molecule has 0 saturated carbocycles. The fraction of sp³-hybridized carbons (Fsp3) is 0.478. The molecule has 2 aromatic carbocycles. The Morgan fingerprint density at radius 1 is 0.697 bits per heavy atom. The van der Waals surface area contributed by atoms with Crippen molar-refractivity contribution >= 4 is 30.4 Å². The summed E-state index contributed by atoms with van der Waals surface area (Å²) in [6.07, 6.45) is -8.18. The first-order chi connectivity index (χ1) is 14.7. The van der Waals surface area contributed by atoms with Crippen LogP contribution in [0.25, 0.3) is 0 Å². The molecule has 0 N–H and O–H groups in total. The third-order valence-electron chi connectivity index (χ3n) is 4.73. The summed E-state index contributed by atoms with van der Waals surface area (Å²) in [6.45, 7) is 11.8. The second-order valence-corrected chi connectivity index (χ2v) is 16.3. The Balaban J connectivity index is 2.54. The summed E-state index contributed by atoms with van der Waals surface area (Å²) in [6, 6.07) is 13.4. The number of halogens is 6. The maximum atomic E-state index is 14.1. The van der Waals surface area contributed by atoms with Gasteiger partial charge in [-0.25, -0.2) is 0 Å². The van der Waals surface area contributed by atoms with E-state index in [9.17, 15) is 30.4 Å². The van der Waals surface area contributed by atoms with Crippen LogP contribution >= 0.6 is 20.2 Å². The Kier molecular flexibility index (Phi) is 7.97. The van der Waals surface area contributed by atoms with Crippen molar-refractivity contribution < 1.29 is 32.9 Å². The predicted molar refractivity (Wildman–Crippen MR) is 127 cm³/mol.